The van der Waals surface area contributed by atoms with Gasteiger partial charge in [0.2, 0.25) is 10.0 Å². The number of hydrogen-bond acceptors (Lipinski definition) is 5. The van der Waals surface area contributed by atoms with Gasteiger partial charge in [0, 0.05) is 17.8 Å². The minimum absolute atomic E-state index is 0.00957. The fourth-order valence-electron chi connectivity index (χ4n) is 2.09. The Morgan fingerprint density at radius 1 is 1.20 bits per heavy atom. The van der Waals surface area contributed by atoms with E-state index in [0.29, 0.717) is 11.3 Å². The van der Waals surface area contributed by atoms with Crippen molar-refractivity contribution in [2.24, 2.45) is 5.73 Å². The van der Waals surface area contributed by atoms with E-state index >= 15 is 0 Å². The molecule has 0 radical (unpaired) electrons. The molecule has 0 saturated carbocycles. The third kappa shape index (κ3) is 4.37. The van der Waals surface area contributed by atoms with E-state index in [1.165, 1.54) is 31.3 Å². The summed E-state index contributed by atoms with van der Waals surface area (Å²) < 4.78 is 52.2. The highest BCUT2D eigenvalue weighted by molar-refractivity contribution is 7.92. The van der Waals surface area contributed by atoms with Crippen LogP contribution >= 0.6 is 0 Å². The molecule has 2 N–H and O–H groups in total. The molecule has 0 bridgehead atoms. The lowest BCUT2D eigenvalue weighted by Crippen LogP contribution is -2.32. The summed E-state index contributed by atoms with van der Waals surface area (Å²) in [5.74, 6) is -2.74. The van der Waals surface area contributed by atoms with Gasteiger partial charge in [0.05, 0.1) is 30.2 Å². The zero-order chi connectivity index (χ0) is 18.6. The number of Topliss-reactive ketones (excluding diaryl/α,β-unsaturated/α-hetero) is 1. The smallest absolute Gasteiger partial charge is 0.235 e. The van der Waals surface area contributed by atoms with Crippen molar-refractivity contribution in [2.45, 2.75) is 13.5 Å². The summed E-state index contributed by atoms with van der Waals surface area (Å²) in [6.07, 6.45) is 1.30. The molecule has 1 aromatic heterocycles. The van der Waals surface area contributed by atoms with Gasteiger partial charge in [-0.15, -0.1) is 0 Å². The number of nitrogens with zero attached hydrogens (tertiary/aromatic N) is 2. The Morgan fingerprint density at radius 3 is 2.44 bits per heavy atom. The maximum Gasteiger partial charge on any atom is 0.235 e. The summed E-state index contributed by atoms with van der Waals surface area (Å²) in [4.78, 5) is 15.5. The van der Waals surface area contributed by atoms with Crippen LogP contribution in [0.4, 0.5) is 14.5 Å². The molecule has 0 saturated heterocycles. The quantitative estimate of drug-likeness (QED) is 0.752. The van der Waals surface area contributed by atoms with E-state index < -0.39 is 21.7 Å². The number of nitrogens with two attached hydrogens (primary N) is 1. The van der Waals surface area contributed by atoms with E-state index in [0.717, 1.165) is 16.4 Å². The van der Waals surface area contributed by atoms with E-state index in [1.54, 1.807) is 0 Å². The van der Waals surface area contributed by atoms with E-state index in [4.69, 9.17) is 5.73 Å². The summed E-state index contributed by atoms with van der Waals surface area (Å²) in [6, 6.07) is 5.83. The van der Waals surface area contributed by atoms with Gasteiger partial charge < -0.3 is 5.73 Å². The first-order chi connectivity index (χ1) is 11.8. The zero-order valence-corrected chi connectivity index (χ0v) is 14.3. The van der Waals surface area contributed by atoms with Crippen molar-refractivity contribution in [1.29, 1.82) is 0 Å². The molecular formula is C16H17F2N3O3S. The molecule has 1 heterocycles. The normalized spacial score (nSPS) is 11.4. The maximum atomic E-state index is 13.5. The standard InChI is InChI=1S/C16H17F2N3O3S/c1-2-25(23,24)21(13-5-6-14(17)15(18)7-13)10-12-4-3-11(9-20-12)16(22)8-19/h3-7,9H,2,8,10,19H2,1H3. The molecule has 2 rings (SSSR count). The van der Waals surface area contributed by atoms with Crippen molar-refractivity contribution in [3.63, 3.8) is 0 Å². The maximum absolute atomic E-state index is 13.5. The van der Waals surface area contributed by atoms with Gasteiger partial charge in [-0.3, -0.25) is 14.1 Å². The number of anilines is 1. The molecular weight excluding hydrogens is 352 g/mol. The van der Waals surface area contributed by atoms with E-state index in [-0.39, 0.29) is 30.3 Å². The highest BCUT2D eigenvalue weighted by atomic mass is 32.2. The number of sulfonamides is 1. The molecule has 0 aliphatic heterocycles. The molecule has 0 aliphatic rings. The van der Waals surface area contributed by atoms with Crippen LogP contribution in [0.1, 0.15) is 23.0 Å². The molecule has 0 unspecified atom stereocenters. The van der Waals surface area contributed by atoms with E-state index in [2.05, 4.69) is 4.98 Å². The Labute approximate surface area is 144 Å². The predicted octanol–water partition coefficient (Wildman–Crippen LogP) is 1.86. The van der Waals surface area contributed by atoms with Gasteiger partial charge in [0.15, 0.2) is 17.4 Å². The van der Waals surface area contributed by atoms with Crippen molar-refractivity contribution in [3.8, 4) is 0 Å². The van der Waals surface area contributed by atoms with Gasteiger partial charge in [-0.1, -0.05) is 0 Å². The van der Waals surface area contributed by atoms with Crippen LogP contribution in [0.3, 0.4) is 0 Å². The van der Waals surface area contributed by atoms with Crippen LogP contribution in [0.2, 0.25) is 0 Å². The Balaban J connectivity index is 2.37. The minimum atomic E-state index is -3.75. The van der Waals surface area contributed by atoms with Crippen molar-refractivity contribution >= 4 is 21.5 Å². The second-order valence-corrected chi connectivity index (χ2v) is 7.35. The molecule has 0 amide bonds. The molecule has 9 heteroatoms. The van der Waals surface area contributed by atoms with E-state index in [1.807, 2.05) is 0 Å². The van der Waals surface area contributed by atoms with Crippen molar-refractivity contribution < 1.29 is 22.0 Å². The third-order valence-electron chi connectivity index (χ3n) is 3.53. The van der Waals surface area contributed by atoms with Crippen LogP contribution < -0.4 is 10.0 Å². The van der Waals surface area contributed by atoms with Crippen LogP contribution in [-0.4, -0.2) is 31.5 Å². The van der Waals surface area contributed by atoms with Crippen LogP contribution in [0.25, 0.3) is 0 Å². The van der Waals surface area contributed by atoms with Crippen LogP contribution in [0.5, 0.6) is 0 Å². The summed E-state index contributed by atoms with van der Waals surface area (Å²) in [5.41, 5.74) is 5.91. The average Bonchev–Trinajstić information content (AvgIpc) is 2.61. The molecule has 25 heavy (non-hydrogen) atoms. The van der Waals surface area contributed by atoms with Crippen LogP contribution in [0.15, 0.2) is 36.5 Å². The monoisotopic (exact) mass is 369 g/mol. The molecule has 1 aromatic carbocycles. The van der Waals surface area contributed by atoms with Gasteiger partial charge >= 0.3 is 0 Å². The third-order valence-corrected chi connectivity index (χ3v) is 5.27. The largest absolute Gasteiger partial charge is 0.324 e. The fourth-order valence-corrected chi connectivity index (χ4v) is 3.17. The number of rotatable bonds is 7. The number of ketones is 1. The van der Waals surface area contributed by atoms with Crippen LogP contribution in [-0.2, 0) is 16.6 Å². The van der Waals surface area contributed by atoms with Gasteiger partial charge in [-0.05, 0) is 31.2 Å². The zero-order valence-electron chi connectivity index (χ0n) is 13.4. The van der Waals surface area contributed by atoms with Gasteiger partial charge in [-0.2, -0.15) is 0 Å². The van der Waals surface area contributed by atoms with E-state index in [9.17, 15) is 22.0 Å². The lowest BCUT2D eigenvalue weighted by molar-refractivity contribution is 0.100. The minimum Gasteiger partial charge on any atom is -0.324 e. The number of halogens is 2. The molecule has 0 fully saturated rings. The number of aromatic nitrogens is 1. The van der Waals surface area contributed by atoms with Crippen molar-refractivity contribution in [1.82, 2.24) is 4.98 Å². The summed E-state index contributed by atoms with van der Waals surface area (Å²) in [5, 5.41) is 0. The fraction of sp³-hybridized carbons (Fsp3) is 0.250. The van der Waals surface area contributed by atoms with Gasteiger partial charge in [-0.25, -0.2) is 17.2 Å². The Morgan fingerprint density at radius 2 is 1.92 bits per heavy atom. The molecule has 2 aromatic rings. The second kappa shape index (κ2) is 7.66. The topological polar surface area (TPSA) is 93.4 Å². The first kappa shape index (κ1) is 18.9. The molecule has 134 valence electrons. The van der Waals surface area contributed by atoms with Crippen LogP contribution in [0, 0.1) is 11.6 Å². The number of hydrogen-bond donors (Lipinski definition) is 1. The molecule has 0 atom stereocenters. The lowest BCUT2D eigenvalue weighted by Gasteiger charge is -2.23. The number of benzene rings is 1. The number of carbonyl (C=O) groups is 1. The molecule has 0 spiro atoms. The van der Waals surface area contributed by atoms with Gasteiger partial charge in [0.1, 0.15) is 0 Å². The van der Waals surface area contributed by atoms with Gasteiger partial charge in [0.25, 0.3) is 0 Å². The highest BCUT2D eigenvalue weighted by Gasteiger charge is 2.22. The Kier molecular flexibility index (Phi) is 5.81. The van der Waals surface area contributed by atoms with Crippen molar-refractivity contribution in [2.75, 3.05) is 16.6 Å². The summed E-state index contributed by atoms with van der Waals surface area (Å²) in [6.45, 7) is 1.10. The number of pyridine rings is 1. The number of carbonyl (C=O) groups excluding carboxylic acids is 1. The molecule has 0 aliphatic carbocycles. The summed E-state index contributed by atoms with van der Waals surface area (Å²) in [7, 11) is -3.75. The Hall–Kier alpha value is -2.39. The SMILES string of the molecule is CCS(=O)(=O)N(Cc1ccc(C(=O)CN)cn1)c1ccc(F)c(F)c1. The Bertz CT molecular complexity index is 871. The molecule has 6 nitrogen and oxygen atoms in total. The predicted molar refractivity (Wildman–Crippen MR) is 89.6 cm³/mol. The summed E-state index contributed by atoms with van der Waals surface area (Å²) >= 11 is 0. The lowest BCUT2D eigenvalue weighted by atomic mass is 10.2. The highest BCUT2D eigenvalue weighted by Crippen LogP contribution is 2.23. The van der Waals surface area contributed by atoms with Crippen molar-refractivity contribution in [3.05, 3.63) is 59.4 Å². The first-order valence-corrected chi connectivity index (χ1v) is 9.03. The first-order valence-electron chi connectivity index (χ1n) is 7.42. The average molecular weight is 369 g/mol. The second-order valence-electron chi connectivity index (χ2n) is 5.17.